The molecule has 2 aromatic heterocycles. The Kier molecular flexibility index (Phi) is 4.83. The molecule has 0 unspecified atom stereocenters. The second-order valence-corrected chi connectivity index (χ2v) is 9.66. The summed E-state index contributed by atoms with van der Waals surface area (Å²) in [4.78, 5) is 14.9. The number of hydrogen-bond donors (Lipinski definition) is 3. The Hall–Kier alpha value is -3.10. The molecule has 0 aliphatic heterocycles. The molecule has 1 atom stereocenters. The molecule has 4 aromatic rings. The lowest BCUT2D eigenvalue weighted by Gasteiger charge is -2.15. The highest BCUT2D eigenvalue weighted by molar-refractivity contribution is 7.89. The first-order chi connectivity index (χ1) is 14.9. The Bertz CT molecular complexity index is 1400. The molecule has 0 fully saturated rings. The fraction of sp³-hybridized carbons (Fsp3) is 0.261. The predicted octanol–water partition coefficient (Wildman–Crippen LogP) is 3.77. The monoisotopic (exact) mass is 438 g/mol. The summed E-state index contributed by atoms with van der Waals surface area (Å²) in [5, 5.41) is 11.5. The number of aromatic nitrogens is 1. The highest BCUT2D eigenvalue weighted by atomic mass is 32.2. The maximum Gasteiger partial charge on any atom is 0.322 e. The topological polar surface area (TPSA) is 112 Å². The normalized spacial score (nSPS) is 15.2. The van der Waals surface area contributed by atoms with E-state index in [9.17, 15) is 18.3 Å². The molecule has 1 aliphatic rings. The largest absolute Gasteiger partial charge is 0.480 e. The van der Waals surface area contributed by atoms with Crippen LogP contribution in [0.2, 0.25) is 0 Å². The van der Waals surface area contributed by atoms with Crippen LogP contribution in [0.5, 0.6) is 0 Å². The van der Waals surface area contributed by atoms with Gasteiger partial charge in [0.25, 0.3) is 0 Å². The minimum absolute atomic E-state index is 0.00345. The molecular formula is C23H22N2O5S. The van der Waals surface area contributed by atoms with Gasteiger partial charge >= 0.3 is 5.97 Å². The zero-order valence-electron chi connectivity index (χ0n) is 16.7. The summed E-state index contributed by atoms with van der Waals surface area (Å²) in [7, 11) is -4.05. The van der Waals surface area contributed by atoms with Crippen LogP contribution in [-0.4, -0.2) is 30.5 Å². The second kappa shape index (κ2) is 7.55. The van der Waals surface area contributed by atoms with E-state index >= 15 is 0 Å². The summed E-state index contributed by atoms with van der Waals surface area (Å²) in [6.45, 7) is 0. The lowest BCUT2D eigenvalue weighted by molar-refractivity contribution is -0.138. The number of carboxylic acid groups (broad SMARTS) is 1. The Balaban J connectivity index is 1.44. The molecule has 31 heavy (non-hydrogen) atoms. The van der Waals surface area contributed by atoms with Crippen LogP contribution < -0.4 is 4.72 Å². The molecule has 0 saturated heterocycles. The van der Waals surface area contributed by atoms with Crippen molar-refractivity contribution in [3.8, 4) is 0 Å². The van der Waals surface area contributed by atoms with Gasteiger partial charge in [0.15, 0.2) is 0 Å². The molecule has 8 heteroatoms. The van der Waals surface area contributed by atoms with Crippen LogP contribution >= 0.6 is 0 Å². The number of nitrogens with one attached hydrogen (secondary N) is 2. The molecule has 0 saturated carbocycles. The standard InChI is InChI=1S/C23H22N2O5S/c26-23(27)20(11-14-13-24-19-7-3-1-5-16(14)19)25-31(28,29)15-9-10-18-17-6-2-4-8-21(17)30-22(18)12-15/h1,3,5,7,9-10,12-13,20,24-25H,2,4,6,8,11H2,(H,26,27)/t20-/m0/s1. The number of hydrogen-bond acceptors (Lipinski definition) is 4. The average Bonchev–Trinajstić information content (AvgIpc) is 3.34. The minimum Gasteiger partial charge on any atom is -0.480 e. The molecule has 160 valence electrons. The zero-order valence-corrected chi connectivity index (χ0v) is 17.5. The van der Waals surface area contributed by atoms with E-state index in [2.05, 4.69) is 9.71 Å². The van der Waals surface area contributed by atoms with Crippen LogP contribution in [0, 0.1) is 0 Å². The number of carbonyl (C=O) groups is 1. The van der Waals surface area contributed by atoms with Crippen LogP contribution in [0.3, 0.4) is 0 Å². The Labute approximate surface area is 179 Å². The minimum atomic E-state index is -4.05. The van der Waals surface area contributed by atoms with Gasteiger partial charge in [-0.15, -0.1) is 0 Å². The zero-order chi connectivity index (χ0) is 21.6. The number of sulfonamides is 1. The predicted molar refractivity (Wildman–Crippen MR) is 117 cm³/mol. The number of aliphatic carboxylic acids is 1. The summed E-state index contributed by atoms with van der Waals surface area (Å²) in [5.74, 6) is -0.310. The van der Waals surface area contributed by atoms with Gasteiger partial charge in [0.2, 0.25) is 10.0 Å². The highest BCUT2D eigenvalue weighted by Gasteiger charge is 2.28. The van der Waals surface area contributed by atoms with E-state index in [1.807, 2.05) is 24.3 Å². The van der Waals surface area contributed by atoms with Crippen LogP contribution in [0.15, 0.2) is 58.0 Å². The number of fused-ring (bicyclic) bond motifs is 4. The van der Waals surface area contributed by atoms with Crippen LogP contribution in [0.4, 0.5) is 0 Å². The van der Waals surface area contributed by atoms with E-state index < -0.39 is 22.0 Å². The van der Waals surface area contributed by atoms with Crippen molar-refractivity contribution < 1.29 is 22.7 Å². The molecule has 0 spiro atoms. The molecule has 2 heterocycles. The van der Waals surface area contributed by atoms with Gasteiger partial charge in [0, 0.05) is 47.0 Å². The number of rotatable bonds is 6. The van der Waals surface area contributed by atoms with Crippen molar-refractivity contribution in [3.63, 3.8) is 0 Å². The lowest BCUT2D eigenvalue weighted by atomic mass is 9.96. The fourth-order valence-electron chi connectivity index (χ4n) is 4.37. The first-order valence-electron chi connectivity index (χ1n) is 10.3. The first kappa shape index (κ1) is 19.8. The molecule has 5 rings (SSSR count). The SMILES string of the molecule is O=C(O)[C@H](Cc1c[nH]c2ccccc12)NS(=O)(=O)c1ccc2c3c(oc2c1)CCCC3. The van der Waals surface area contributed by atoms with E-state index in [0.29, 0.717) is 5.58 Å². The third-order valence-electron chi connectivity index (χ3n) is 5.93. The third kappa shape index (κ3) is 3.62. The molecule has 0 amide bonds. The van der Waals surface area contributed by atoms with Gasteiger partial charge in [0.05, 0.1) is 4.90 Å². The number of carboxylic acids is 1. The summed E-state index contributed by atoms with van der Waals surface area (Å²) >= 11 is 0. The summed E-state index contributed by atoms with van der Waals surface area (Å²) in [6, 6.07) is 11.0. The first-order valence-corrected chi connectivity index (χ1v) is 11.7. The van der Waals surface area contributed by atoms with Gasteiger partial charge in [0.1, 0.15) is 17.4 Å². The molecule has 3 N–H and O–H groups in total. The number of aryl methyl sites for hydroxylation is 2. The quantitative estimate of drug-likeness (QED) is 0.424. The molecule has 1 aliphatic carbocycles. The van der Waals surface area contributed by atoms with Crippen LogP contribution in [-0.2, 0) is 34.1 Å². The number of furan rings is 1. The van der Waals surface area contributed by atoms with Crippen molar-refractivity contribution in [1.29, 1.82) is 0 Å². The highest BCUT2D eigenvalue weighted by Crippen LogP contribution is 2.33. The van der Waals surface area contributed by atoms with Gasteiger partial charge in [-0.05, 0) is 43.0 Å². The molecule has 2 aromatic carbocycles. The van der Waals surface area contributed by atoms with Crippen molar-refractivity contribution in [3.05, 3.63) is 65.5 Å². The van der Waals surface area contributed by atoms with Gasteiger partial charge in [-0.25, -0.2) is 8.42 Å². The van der Waals surface area contributed by atoms with Crippen LogP contribution in [0.1, 0.15) is 29.7 Å². The number of benzene rings is 2. The van der Waals surface area contributed by atoms with E-state index in [4.69, 9.17) is 4.42 Å². The maximum atomic E-state index is 13.0. The average molecular weight is 439 g/mol. The van der Waals surface area contributed by atoms with E-state index in [1.165, 1.54) is 12.1 Å². The third-order valence-corrected chi connectivity index (χ3v) is 7.40. The van der Waals surface area contributed by atoms with Crippen molar-refractivity contribution >= 4 is 37.9 Å². The van der Waals surface area contributed by atoms with Gasteiger partial charge in [-0.3, -0.25) is 4.79 Å². The van der Waals surface area contributed by atoms with Crippen molar-refractivity contribution in [2.75, 3.05) is 0 Å². The number of H-pyrrole nitrogens is 1. The Morgan fingerprint density at radius 3 is 2.77 bits per heavy atom. The summed E-state index contributed by atoms with van der Waals surface area (Å²) in [5.41, 5.74) is 3.29. The van der Waals surface area contributed by atoms with Crippen LogP contribution in [0.25, 0.3) is 21.9 Å². The van der Waals surface area contributed by atoms with E-state index in [-0.39, 0.29) is 11.3 Å². The van der Waals surface area contributed by atoms with Gasteiger partial charge in [-0.2, -0.15) is 4.72 Å². The van der Waals surface area contributed by atoms with E-state index in [0.717, 1.165) is 58.9 Å². The maximum absolute atomic E-state index is 13.0. The second-order valence-electron chi connectivity index (χ2n) is 7.94. The lowest BCUT2D eigenvalue weighted by Crippen LogP contribution is -2.42. The molecule has 0 radical (unpaired) electrons. The fourth-order valence-corrected chi connectivity index (χ4v) is 5.57. The van der Waals surface area contributed by atoms with Crippen molar-refractivity contribution in [2.45, 2.75) is 43.0 Å². The smallest absolute Gasteiger partial charge is 0.322 e. The summed E-state index contributed by atoms with van der Waals surface area (Å²) in [6.07, 6.45) is 5.68. The van der Waals surface area contributed by atoms with Gasteiger partial charge < -0.3 is 14.5 Å². The van der Waals surface area contributed by atoms with Crippen molar-refractivity contribution in [2.24, 2.45) is 0 Å². The Morgan fingerprint density at radius 1 is 1.13 bits per heavy atom. The number of aromatic amines is 1. The molecular weight excluding hydrogens is 416 g/mol. The molecule has 0 bridgehead atoms. The summed E-state index contributed by atoms with van der Waals surface area (Å²) < 4.78 is 34.3. The molecule has 7 nitrogen and oxygen atoms in total. The van der Waals surface area contributed by atoms with Crippen molar-refractivity contribution in [1.82, 2.24) is 9.71 Å². The van der Waals surface area contributed by atoms with E-state index in [1.54, 1.807) is 12.3 Å². The number of para-hydroxylation sites is 1. The Morgan fingerprint density at radius 2 is 1.94 bits per heavy atom. The van der Waals surface area contributed by atoms with Gasteiger partial charge in [-0.1, -0.05) is 18.2 Å².